The van der Waals surface area contributed by atoms with Crippen molar-refractivity contribution in [2.24, 2.45) is 5.73 Å². The van der Waals surface area contributed by atoms with Crippen LogP contribution in [0, 0.1) is 0 Å². The molecule has 4 nitrogen and oxygen atoms in total. The Morgan fingerprint density at radius 2 is 1.50 bits per heavy atom. The Morgan fingerprint density at radius 1 is 1.06 bits per heavy atom. The molecule has 5 heteroatoms. The normalized spacial score (nSPS) is 13.1. The molecule has 0 saturated carbocycles. The molecule has 0 amide bonds. The van der Waals surface area contributed by atoms with Crippen LogP contribution in [-0.4, -0.2) is 28.6 Å². The van der Waals surface area contributed by atoms with Crippen LogP contribution in [0.5, 0.6) is 0 Å². The van der Waals surface area contributed by atoms with Crippen molar-refractivity contribution in [3.63, 3.8) is 0 Å². The van der Waals surface area contributed by atoms with E-state index >= 15 is 0 Å². The van der Waals surface area contributed by atoms with Crippen LogP contribution in [0.4, 0.5) is 0 Å². The van der Waals surface area contributed by atoms with E-state index in [1.807, 2.05) is 33.8 Å². The van der Waals surface area contributed by atoms with Crippen molar-refractivity contribution in [2.45, 2.75) is 40.2 Å². The monoisotopic (exact) mass is 247 g/mol. The van der Waals surface area contributed by atoms with Gasteiger partial charge in [-0.15, -0.1) is 0 Å². The summed E-state index contributed by atoms with van der Waals surface area (Å²) in [4.78, 5) is 0. The number of hydrogen-bond donors (Lipinski definition) is 1. The van der Waals surface area contributed by atoms with Gasteiger partial charge in [0.15, 0.2) is 0 Å². The molecule has 0 aliphatic carbocycles. The van der Waals surface area contributed by atoms with Crippen LogP contribution in [0.1, 0.15) is 34.1 Å². The summed E-state index contributed by atoms with van der Waals surface area (Å²) >= 11 is 0. The Morgan fingerprint density at radius 3 is 1.81 bits per heavy atom. The highest BCUT2D eigenvalue weighted by molar-refractivity contribution is 6.60. The fraction of sp³-hybridized carbons (Fsp3) is 0.818. The second-order valence-corrected chi connectivity index (χ2v) is 6.08. The zero-order valence-corrected chi connectivity index (χ0v) is 11.9. The molecule has 0 aliphatic rings. The van der Waals surface area contributed by atoms with Gasteiger partial charge in [-0.25, -0.2) is 0 Å². The number of nitrogens with two attached hydrogens (primary N) is 1. The zero-order valence-electron chi connectivity index (χ0n) is 10.9. The van der Waals surface area contributed by atoms with Gasteiger partial charge in [-0.3, -0.25) is 0 Å². The molecule has 16 heavy (non-hydrogen) atoms. The fourth-order valence-electron chi connectivity index (χ4n) is 1.44. The standard InChI is InChI=1S/C11H25NO3Si/c1-5-11(12)9-10-16(13-6-2,14-7-3)15-8-4/h5H,6-10,12H2,1-4H3/b11-5-. The van der Waals surface area contributed by atoms with Crippen molar-refractivity contribution in [3.05, 3.63) is 11.8 Å². The average molecular weight is 247 g/mol. The molecule has 0 atom stereocenters. The van der Waals surface area contributed by atoms with Gasteiger partial charge in [-0.2, -0.15) is 0 Å². The Balaban J connectivity index is 4.46. The van der Waals surface area contributed by atoms with Crippen LogP contribution in [0.3, 0.4) is 0 Å². The van der Waals surface area contributed by atoms with E-state index in [1.54, 1.807) is 0 Å². The van der Waals surface area contributed by atoms with Crippen molar-refractivity contribution in [2.75, 3.05) is 19.8 Å². The Hall–Kier alpha value is -0.363. The lowest BCUT2D eigenvalue weighted by Gasteiger charge is -2.28. The molecule has 96 valence electrons. The van der Waals surface area contributed by atoms with Crippen molar-refractivity contribution < 1.29 is 13.3 Å². The highest BCUT2D eigenvalue weighted by atomic mass is 28.4. The third-order valence-electron chi connectivity index (χ3n) is 2.18. The lowest BCUT2D eigenvalue weighted by Crippen LogP contribution is -2.46. The maximum absolute atomic E-state index is 5.79. The van der Waals surface area contributed by atoms with Gasteiger partial charge in [0.25, 0.3) is 0 Å². The minimum Gasteiger partial charge on any atom is -0.402 e. The maximum Gasteiger partial charge on any atom is 0.501 e. The molecule has 0 unspecified atom stereocenters. The molecular weight excluding hydrogens is 222 g/mol. The molecule has 0 fully saturated rings. The highest BCUT2D eigenvalue weighted by Gasteiger charge is 2.39. The van der Waals surface area contributed by atoms with Gasteiger partial charge in [0, 0.05) is 31.6 Å². The topological polar surface area (TPSA) is 53.7 Å². The smallest absolute Gasteiger partial charge is 0.402 e. The number of hydrogen-bond acceptors (Lipinski definition) is 4. The molecule has 0 rings (SSSR count). The third kappa shape index (κ3) is 5.65. The van der Waals surface area contributed by atoms with E-state index in [-0.39, 0.29) is 0 Å². The largest absolute Gasteiger partial charge is 0.501 e. The Bertz CT molecular complexity index is 192. The summed E-state index contributed by atoms with van der Waals surface area (Å²) < 4.78 is 17.2. The minimum atomic E-state index is -2.50. The quantitative estimate of drug-likeness (QED) is 0.635. The lowest BCUT2D eigenvalue weighted by atomic mass is 10.3. The molecule has 0 spiro atoms. The van der Waals surface area contributed by atoms with E-state index < -0.39 is 8.80 Å². The summed E-state index contributed by atoms with van der Waals surface area (Å²) in [5.74, 6) is 0. The van der Waals surface area contributed by atoms with Crippen molar-refractivity contribution in [1.82, 2.24) is 0 Å². The van der Waals surface area contributed by atoms with Crippen molar-refractivity contribution in [3.8, 4) is 0 Å². The SMILES string of the molecule is C/C=C(\N)CC[Si](OCC)(OCC)OCC. The van der Waals surface area contributed by atoms with Crippen molar-refractivity contribution in [1.29, 1.82) is 0 Å². The summed E-state index contributed by atoms with van der Waals surface area (Å²) in [6, 6.07) is 0.749. The van der Waals surface area contributed by atoms with Gasteiger partial charge in [0.2, 0.25) is 0 Å². The number of rotatable bonds is 9. The molecule has 0 saturated heterocycles. The first kappa shape index (κ1) is 15.6. The highest BCUT2D eigenvalue weighted by Crippen LogP contribution is 2.19. The Kier molecular flexibility index (Phi) is 8.55. The van der Waals surface area contributed by atoms with E-state index in [2.05, 4.69) is 0 Å². The van der Waals surface area contributed by atoms with Gasteiger partial charge >= 0.3 is 8.80 Å². The van der Waals surface area contributed by atoms with E-state index in [0.29, 0.717) is 19.8 Å². The molecule has 0 aromatic heterocycles. The second kappa shape index (κ2) is 8.75. The van der Waals surface area contributed by atoms with Gasteiger partial charge in [-0.1, -0.05) is 6.08 Å². The summed E-state index contributed by atoms with van der Waals surface area (Å²) in [7, 11) is -2.50. The van der Waals surface area contributed by atoms with Gasteiger partial charge < -0.3 is 19.0 Å². The zero-order chi connectivity index (χ0) is 12.4. The van der Waals surface area contributed by atoms with Crippen molar-refractivity contribution >= 4 is 8.80 Å². The van der Waals surface area contributed by atoms with E-state index in [9.17, 15) is 0 Å². The first-order valence-electron chi connectivity index (χ1n) is 5.96. The third-order valence-corrected chi connectivity index (χ3v) is 5.23. The summed E-state index contributed by atoms with van der Waals surface area (Å²) in [6.07, 6.45) is 2.67. The first-order valence-corrected chi connectivity index (χ1v) is 7.89. The summed E-state index contributed by atoms with van der Waals surface area (Å²) in [5.41, 5.74) is 6.64. The van der Waals surface area contributed by atoms with Gasteiger partial charge in [0.1, 0.15) is 0 Å². The van der Waals surface area contributed by atoms with Crippen LogP contribution in [0.2, 0.25) is 6.04 Å². The van der Waals surface area contributed by atoms with E-state index in [4.69, 9.17) is 19.0 Å². The molecular formula is C11H25NO3Si. The van der Waals surface area contributed by atoms with Gasteiger partial charge in [0.05, 0.1) is 0 Å². The maximum atomic E-state index is 5.79. The van der Waals surface area contributed by atoms with Crippen LogP contribution < -0.4 is 5.73 Å². The van der Waals surface area contributed by atoms with Gasteiger partial charge in [-0.05, 0) is 34.1 Å². The molecule has 0 radical (unpaired) electrons. The molecule has 0 aliphatic heterocycles. The minimum absolute atomic E-state index is 0.613. The summed E-state index contributed by atoms with van der Waals surface area (Å²) in [6.45, 7) is 9.64. The van der Waals surface area contributed by atoms with E-state index in [1.165, 1.54) is 0 Å². The Labute approximate surface area is 100 Å². The molecule has 0 aromatic rings. The summed E-state index contributed by atoms with van der Waals surface area (Å²) in [5, 5.41) is 0. The van der Waals surface area contributed by atoms with Crippen LogP contribution >= 0.6 is 0 Å². The first-order chi connectivity index (χ1) is 7.64. The molecule has 0 heterocycles. The fourth-order valence-corrected chi connectivity index (χ4v) is 4.04. The molecule has 0 aromatic carbocycles. The molecule has 2 N–H and O–H groups in total. The second-order valence-electron chi connectivity index (χ2n) is 3.35. The average Bonchev–Trinajstić information content (AvgIpc) is 2.27. The predicted molar refractivity (Wildman–Crippen MR) is 68.0 cm³/mol. The molecule has 0 bridgehead atoms. The number of allylic oxidation sites excluding steroid dienone is 2. The van der Waals surface area contributed by atoms with Crippen LogP contribution in [0.25, 0.3) is 0 Å². The lowest BCUT2D eigenvalue weighted by molar-refractivity contribution is 0.0714. The van der Waals surface area contributed by atoms with Crippen LogP contribution in [0.15, 0.2) is 11.8 Å². The van der Waals surface area contributed by atoms with Crippen LogP contribution in [-0.2, 0) is 13.3 Å². The van der Waals surface area contributed by atoms with E-state index in [0.717, 1.165) is 18.2 Å². The predicted octanol–water partition coefficient (Wildman–Crippen LogP) is 2.29.